The van der Waals surface area contributed by atoms with Crippen LogP contribution in [-0.4, -0.2) is 43.6 Å². The van der Waals surface area contributed by atoms with Gasteiger partial charge < -0.3 is 14.4 Å². The average molecular weight is 381 g/mol. The Morgan fingerprint density at radius 2 is 1.75 bits per heavy atom. The molecule has 1 amide bonds. The van der Waals surface area contributed by atoms with Crippen molar-refractivity contribution in [2.45, 2.75) is 32.1 Å². The predicted molar refractivity (Wildman–Crippen MR) is 107 cm³/mol. The van der Waals surface area contributed by atoms with E-state index in [-0.39, 0.29) is 12.5 Å². The number of amides is 1. The van der Waals surface area contributed by atoms with Crippen LogP contribution >= 0.6 is 0 Å². The van der Waals surface area contributed by atoms with Crippen molar-refractivity contribution in [2.24, 2.45) is 11.8 Å². The number of nitrogens with zero attached hydrogens (tertiary/aromatic N) is 1. The Kier molecular flexibility index (Phi) is 5.51. The van der Waals surface area contributed by atoms with Gasteiger partial charge in [-0.3, -0.25) is 4.79 Å². The summed E-state index contributed by atoms with van der Waals surface area (Å²) in [7, 11) is 1.53. The fraction of sp³-hybridized carbons (Fsp3) is 0.478. The highest BCUT2D eigenvalue weighted by Crippen LogP contribution is 2.36. The van der Waals surface area contributed by atoms with Crippen molar-refractivity contribution in [3.63, 3.8) is 0 Å². The van der Waals surface area contributed by atoms with E-state index in [2.05, 4.69) is 0 Å². The van der Waals surface area contributed by atoms with E-state index in [9.17, 15) is 9.59 Å². The molecular weight excluding hydrogens is 354 g/mol. The molecule has 4 rings (SSSR count). The first-order chi connectivity index (χ1) is 13.7. The van der Waals surface area contributed by atoms with Crippen LogP contribution in [0.2, 0.25) is 0 Å². The van der Waals surface area contributed by atoms with E-state index in [4.69, 9.17) is 9.47 Å². The van der Waals surface area contributed by atoms with Gasteiger partial charge in [-0.15, -0.1) is 0 Å². The maximum absolute atomic E-state index is 12.6. The molecular formula is C23H27NO4. The van der Waals surface area contributed by atoms with Crippen LogP contribution in [0.3, 0.4) is 0 Å². The molecule has 0 aromatic heterocycles. The molecule has 0 spiro atoms. The molecule has 2 fully saturated rings. The number of carbonyl (C=O) groups is 2. The Bertz CT molecular complexity index is 878. The summed E-state index contributed by atoms with van der Waals surface area (Å²) in [4.78, 5) is 27.1. The maximum Gasteiger partial charge on any atom is 0.342 e. The molecule has 148 valence electrons. The lowest BCUT2D eigenvalue weighted by Crippen LogP contribution is -2.46. The number of rotatable bonds is 4. The van der Waals surface area contributed by atoms with E-state index < -0.39 is 5.97 Å². The molecule has 1 saturated carbocycles. The molecule has 2 aromatic rings. The van der Waals surface area contributed by atoms with E-state index >= 15 is 0 Å². The van der Waals surface area contributed by atoms with Gasteiger partial charge in [0, 0.05) is 13.1 Å². The zero-order valence-electron chi connectivity index (χ0n) is 16.4. The van der Waals surface area contributed by atoms with Gasteiger partial charge in [0.1, 0.15) is 11.3 Å². The summed E-state index contributed by atoms with van der Waals surface area (Å²) >= 11 is 0. The van der Waals surface area contributed by atoms with Crippen LogP contribution in [0.25, 0.3) is 10.8 Å². The van der Waals surface area contributed by atoms with Crippen LogP contribution in [0, 0.1) is 11.8 Å². The van der Waals surface area contributed by atoms with Crippen LogP contribution in [0.1, 0.15) is 42.5 Å². The van der Waals surface area contributed by atoms with Gasteiger partial charge in [0.05, 0.1) is 7.11 Å². The summed E-state index contributed by atoms with van der Waals surface area (Å²) in [6, 6.07) is 11.3. The Hall–Kier alpha value is -2.56. The van der Waals surface area contributed by atoms with Crippen molar-refractivity contribution in [2.75, 3.05) is 26.8 Å². The van der Waals surface area contributed by atoms with Gasteiger partial charge in [-0.05, 0) is 47.6 Å². The van der Waals surface area contributed by atoms with Crippen LogP contribution in [0.5, 0.6) is 5.75 Å². The van der Waals surface area contributed by atoms with Gasteiger partial charge in [0.25, 0.3) is 5.91 Å². The number of likely N-dealkylation sites (tertiary alicyclic amines) is 1. The highest BCUT2D eigenvalue weighted by molar-refractivity contribution is 5.99. The summed E-state index contributed by atoms with van der Waals surface area (Å²) in [6.07, 6.45) is 6.16. The first-order valence-electron chi connectivity index (χ1n) is 10.2. The molecule has 2 atom stereocenters. The predicted octanol–water partition coefficient (Wildman–Crippen LogP) is 4.04. The SMILES string of the molecule is COc1cc2ccccc2cc1C(=O)OCC(=O)N1CC[C@@H]2CCCC[C@@H]2C1. The molecule has 0 unspecified atom stereocenters. The number of hydrogen-bond donors (Lipinski definition) is 0. The summed E-state index contributed by atoms with van der Waals surface area (Å²) < 4.78 is 10.7. The second kappa shape index (κ2) is 8.21. The summed E-state index contributed by atoms with van der Waals surface area (Å²) in [5.74, 6) is 1.21. The third-order valence-corrected chi connectivity index (χ3v) is 6.26. The third-order valence-electron chi connectivity index (χ3n) is 6.26. The highest BCUT2D eigenvalue weighted by atomic mass is 16.5. The van der Waals surface area contributed by atoms with Crippen LogP contribution in [0.15, 0.2) is 36.4 Å². The maximum atomic E-state index is 12.6. The second-order valence-electron chi connectivity index (χ2n) is 7.91. The molecule has 0 radical (unpaired) electrons. The minimum Gasteiger partial charge on any atom is -0.496 e. The quantitative estimate of drug-likeness (QED) is 0.750. The van der Waals surface area contributed by atoms with Gasteiger partial charge in [-0.1, -0.05) is 43.5 Å². The minimum atomic E-state index is -0.525. The van der Waals surface area contributed by atoms with Gasteiger partial charge in [-0.2, -0.15) is 0 Å². The van der Waals surface area contributed by atoms with E-state index in [0.29, 0.717) is 17.2 Å². The van der Waals surface area contributed by atoms with E-state index in [0.717, 1.165) is 36.2 Å². The van der Waals surface area contributed by atoms with Crippen molar-refractivity contribution < 1.29 is 19.1 Å². The van der Waals surface area contributed by atoms with Gasteiger partial charge in [0.2, 0.25) is 0 Å². The number of benzene rings is 2. The molecule has 0 bridgehead atoms. The molecule has 0 N–H and O–H groups in total. The Labute approximate surface area is 165 Å². The minimum absolute atomic E-state index is 0.0999. The van der Waals surface area contributed by atoms with Crippen molar-refractivity contribution in [3.05, 3.63) is 42.0 Å². The lowest BCUT2D eigenvalue weighted by atomic mass is 9.75. The van der Waals surface area contributed by atoms with E-state index in [1.807, 2.05) is 35.2 Å². The number of esters is 1. The largest absolute Gasteiger partial charge is 0.496 e. The van der Waals surface area contributed by atoms with Crippen molar-refractivity contribution in [1.82, 2.24) is 4.90 Å². The molecule has 1 heterocycles. The normalized spacial score (nSPS) is 21.8. The molecule has 2 aliphatic rings. The fourth-order valence-corrected chi connectivity index (χ4v) is 4.67. The summed E-state index contributed by atoms with van der Waals surface area (Å²) in [5.41, 5.74) is 0.347. The standard InChI is InChI=1S/C23H27NO4/c1-27-21-13-18-8-4-3-7-17(18)12-20(21)23(26)28-15-22(25)24-11-10-16-6-2-5-9-19(16)14-24/h3-4,7-8,12-13,16,19H,2,5-6,9-11,14-15H2,1H3/t16-,19+/m0/s1. The van der Waals surface area contributed by atoms with Crippen molar-refractivity contribution >= 4 is 22.6 Å². The number of ether oxygens (including phenoxy) is 2. The van der Waals surface area contributed by atoms with Crippen molar-refractivity contribution in [1.29, 1.82) is 0 Å². The molecule has 2 aromatic carbocycles. The topological polar surface area (TPSA) is 55.8 Å². The number of hydrogen-bond acceptors (Lipinski definition) is 4. The molecule has 28 heavy (non-hydrogen) atoms. The number of methoxy groups -OCH3 is 1. The Morgan fingerprint density at radius 1 is 1.04 bits per heavy atom. The number of piperidine rings is 1. The zero-order chi connectivity index (χ0) is 19.5. The van der Waals surface area contributed by atoms with Gasteiger partial charge in [-0.25, -0.2) is 4.79 Å². The van der Waals surface area contributed by atoms with Gasteiger partial charge >= 0.3 is 5.97 Å². The lowest BCUT2D eigenvalue weighted by molar-refractivity contribution is -0.137. The average Bonchev–Trinajstić information content (AvgIpc) is 2.75. The molecule has 5 nitrogen and oxygen atoms in total. The van der Waals surface area contributed by atoms with Gasteiger partial charge in [0.15, 0.2) is 6.61 Å². The highest BCUT2D eigenvalue weighted by Gasteiger charge is 2.33. The molecule has 1 aliphatic carbocycles. The monoisotopic (exact) mass is 381 g/mol. The van der Waals surface area contributed by atoms with E-state index in [1.54, 1.807) is 6.07 Å². The molecule has 1 aliphatic heterocycles. The lowest BCUT2D eigenvalue weighted by Gasteiger charge is -2.41. The van der Waals surface area contributed by atoms with E-state index in [1.165, 1.54) is 32.8 Å². The summed E-state index contributed by atoms with van der Waals surface area (Å²) in [6.45, 7) is 1.36. The number of carbonyl (C=O) groups excluding carboxylic acids is 2. The van der Waals surface area contributed by atoms with Crippen LogP contribution in [0.4, 0.5) is 0 Å². The van der Waals surface area contributed by atoms with Crippen LogP contribution in [-0.2, 0) is 9.53 Å². The Balaban J connectivity index is 1.40. The summed E-state index contributed by atoms with van der Waals surface area (Å²) in [5, 5.41) is 1.92. The fourth-order valence-electron chi connectivity index (χ4n) is 4.67. The number of fused-ring (bicyclic) bond motifs is 2. The third kappa shape index (κ3) is 3.84. The molecule has 1 saturated heterocycles. The first kappa shape index (κ1) is 18.8. The molecule has 5 heteroatoms. The first-order valence-corrected chi connectivity index (χ1v) is 10.2. The smallest absolute Gasteiger partial charge is 0.342 e. The zero-order valence-corrected chi connectivity index (χ0v) is 16.4. The Morgan fingerprint density at radius 3 is 2.50 bits per heavy atom. The van der Waals surface area contributed by atoms with Crippen LogP contribution < -0.4 is 4.74 Å². The van der Waals surface area contributed by atoms with Crippen molar-refractivity contribution in [3.8, 4) is 5.75 Å². The second-order valence-corrected chi connectivity index (χ2v) is 7.91.